The Hall–Kier alpha value is -3.52. The van der Waals surface area contributed by atoms with E-state index in [9.17, 15) is 10.1 Å². The number of aromatic nitrogens is 2. The summed E-state index contributed by atoms with van der Waals surface area (Å²) in [5, 5.41) is 18.5. The Balaban J connectivity index is 1.23. The third-order valence-electron chi connectivity index (χ3n) is 7.10. The number of hydrogen-bond donors (Lipinski definition) is 2. The van der Waals surface area contributed by atoms with E-state index in [1.54, 1.807) is 12.1 Å². The normalized spacial score (nSPS) is 22.5. The van der Waals surface area contributed by atoms with Crippen LogP contribution in [-0.4, -0.2) is 46.1 Å². The first-order valence-electron chi connectivity index (χ1n) is 12.6. The van der Waals surface area contributed by atoms with Crippen molar-refractivity contribution in [1.29, 1.82) is 0 Å². The van der Waals surface area contributed by atoms with Crippen LogP contribution in [0.25, 0.3) is 11.3 Å². The lowest BCUT2D eigenvalue weighted by atomic mass is 9.89. The Labute approximate surface area is 206 Å². The van der Waals surface area contributed by atoms with Crippen molar-refractivity contribution in [3.05, 3.63) is 77.0 Å². The molecule has 8 heteroatoms. The number of nitrogens with zero attached hydrogens (tertiary/aromatic N) is 4. The lowest BCUT2D eigenvalue weighted by molar-refractivity contribution is -0.384. The van der Waals surface area contributed by atoms with Crippen molar-refractivity contribution in [1.82, 2.24) is 15.3 Å². The molecule has 0 radical (unpaired) electrons. The summed E-state index contributed by atoms with van der Waals surface area (Å²) in [6.07, 6.45) is 8.70. The summed E-state index contributed by atoms with van der Waals surface area (Å²) in [5.74, 6) is 0.682. The second kappa shape index (κ2) is 10.8. The zero-order valence-electron chi connectivity index (χ0n) is 19.8. The van der Waals surface area contributed by atoms with Crippen molar-refractivity contribution in [2.45, 2.75) is 56.7 Å². The number of benzene rings is 2. The molecule has 182 valence electrons. The predicted octanol–water partition coefficient (Wildman–Crippen LogP) is 5.03. The zero-order chi connectivity index (χ0) is 24.0. The van der Waals surface area contributed by atoms with E-state index in [1.807, 2.05) is 42.6 Å². The van der Waals surface area contributed by atoms with Crippen molar-refractivity contribution < 1.29 is 4.92 Å². The summed E-state index contributed by atoms with van der Waals surface area (Å²) in [4.78, 5) is 22.3. The highest BCUT2D eigenvalue weighted by atomic mass is 16.6. The smallest absolute Gasteiger partial charge is 0.269 e. The minimum Gasteiger partial charge on any atom is -0.370 e. The van der Waals surface area contributed by atoms with Crippen LogP contribution in [0.1, 0.15) is 38.5 Å². The standard InChI is InChI=1S/C27H32N6O2/c34-33(35)23-14-12-22(13-15-23)32-18-6-9-21(19-32)29-25-10-4-5-11-26(25)31-27-28-17-16-24(30-27)20-7-2-1-3-8-20/h1-3,7-8,12-17,21,25-26,29H,4-6,9-11,18-19H2,(H,28,30,31)/t21-,25+,26+/m0/s1. The number of nitro benzene ring substituents is 1. The molecule has 3 atom stereocenters. The van der Waals surface area contributed by atoms with Crippen LogP contribution < -0.4 is 15.5 Å². The molecule has 1 aromatic heterocycles. The Morgan fingerprint density at radius 1 is 0.914 bits per heavy atom. The van der Waals surface area contributed by atoms with E-state index in [0.717, 1.165) is 55.7 Å². The van der Waals surface area contributed by atoms with Gasteiger partial charge >= 0.3 is 0 Å². The quantitative estimate of drug-likeness (QED) is 0.368. The van der Waals surface area contributed by atoms with Crippen LogP contribution in [0.5, 0.6) is 0 Å². The van der Waals surface area contributed by atoms with Crippen LogP contribution in [0.15, 0.2) is 66.9 Å². The van der Waals surface area contributed by atoms with Gasteiger partial charge in [-0.2, -0.15) is 0 Å². The van der Waals surface area contributed by atoms with Gasteiger partial charge in [-0.3, -0.25) is 10.1 Å². The second-order valence-corrected chi connectivity index (χ2v) is 9.50. The van der Waals surface area contributed by atoms with Crippen LogP contribution in [0.4, 0.5) is 17.3 Å². The molecule has 35 heavy (non-hydrogen) atoms. The van der Waals surface area contributed by atoms with E-state index in [4.69, 9.17) is 4.98 Å². The van der Waals surface area contributed by atoms with Crippen LogP contribution in [-0.2, 0) is 0 Å². The van der Waals surface area contributed by atoms with Crippen LogP contribution >= 0.6 is 0 Å². The summed E-state index contributed by atoms with van der Waals surface area (Å²) in [5.41, 5.74) is 3.20. The Bertz CT molecular complexity index is 1120. The van der Waals surface area contributed by atoms with Gasteiger partial charge in [0.2, 0.25) is 5.95 Å². The number of anilines is 2. The first kappa shape index (κ1) is 23.2. The summed E-state index contributed by atoms with van der Waals surface area (Å²) < 4.78 is 0. The number of nitro groups is 1. The molecule has 1 saturated heterocycles. The molecular weight excluding hydrogens is 440 g/mol. The molecule has 1 saturated carbocycles. The number of rotatable bonds is 7. The molecule has 0 amide bonds. The molecule has 2 heterocycles. The third-order valence-corrected chi connectivity index (χ3v) is 7.10. The summed E-state index contributed by atoms with van der Waals surface area (Å²) in [6, 6.07) is 20.1. The molecule has 2 aromatic carbocycles. The van der Waals surface area contributed by atoms with Crippen LogP contribution in [0, 0.1) is 10.1 Å². The predicted molar refractivity (Wildman–Crippen MR) is 139 cm³/mol. The molecular formula is C27H32N6O2. The van der Waals surface area contributed by atoms with Gasteiger partial charge < -0.3 is 15.5 Å². The van der Waals surface area contributed by atoms with Gasteiger partial charge in [0.1, 0.15) is 0 Å². The van der Waals surface area contributed by atoms with Crippen molar-refractivity contribution in [3.63, 3.8) is 0 Å². The van der Waals surface area contributed by atoms with E-state index in [0.29, 0.717) is 18.0 Å². The van der Waals surface area contributed by atoms with Crippen molar-refractivity contribution in [3.8, 4) is 11.3 Å². The molecule has 2 aliphatic rings. The SMILES string of the molecule is O=[N+]([O-])c1ccc(N2CCC[C@H](N[C@@H]3CCCC[C@H]3Nc3nccc(-c4ccccc4)n3)C2)cc1. The van der Waals surface area contributed by atoms with Gasteiger partial charge in [-0.25, -0.2) is 9.97 Å². The van der Waals surface area contributed by atoms with Gasteiger partial charge in [-0.1, -0.05) is 43.2 Å². The lowest BCUT2D eigenvalue weighted by Crippen LogP contribution is -2.55. The van der Waals surface area contributed by atoms with E-state index in [-0.39, 0.29) is 16.7 Å². The zero-order valence-corrected chi connectivity index (χ0v) is 19.8. The van der Waals surface area contributed by atoms with Gasteiger partial charge in [-0.15, -0.1) is 0 Å². The molecule has 1 aliphatic carbocycles. The molecule has 5 rings (SSSR count). The molecule has 3 aromatic rings. The van der Waals surface area contributed by atoms with Crippen LogP contribution in [0.2, 0.25) is 0 Å². The molecule has 1 aliphatic heterocycles. The molecule has 2 N–H and O–H groups in total. The van der Waals surface area contributed by atoms with Gasteiger partial charge in [-0.05, 0) is 43.9 Å². The van der Waals surface area contributed by atoms with Crippen molar-refractivity contribution in [2.75, 3.05) is 23.3 Å². The number of non-ortho nitro benzene ring substituents is 1. The maximum absolute atomic E-state index is 11.0. The average molecular weight is 473 g/mol. The third kappa shape index (κ3) is 5.77. The monoisotopic (exact) mass is 472 g/mol. The largest absolute Gasteiger partial charge is 0.370 e. The minimum atomic E-state index is -0.347. The number of nitrogens with one attached hydrogen (secondary N) is 2. The molecule has 0 spiro atoms. The van der Waals surface area contributed by atoms with Crippen LogP contribution in [0.3, 0.4) is 0 Å². The second-order valence-electron chi connectivity index (χ2n) is 9.50. The Morgan fingerprint density at radius 2 is 1.69 bits per heavy atom. The Kier molecular flexibility index (Phi) is 7.18. The van der Waals surface area contributed by atoms with Crippen molar-refractivity contribution in [2.24, 2.45) is 0 Å². The molecule has 0 bridgehead atoms. The van der Waals surface area contributed by atoms with E-state index >= 15 is 0 Å². The summed E-state index contributed by atoms with van der Waals surface area (Å²) in [6.45, 7) is 1.88. The fourth-order valence-corrected chi connectivity index (χ4v) is 5.30. The average Bonchev–Trinajstić information content (AvgIpc) is 2.91. The maximum Gasteiger partial charge on any atom is 0.269 e. The van der Waals surface area contributed by atoms with Gasteiger partial charge in [0.15, 0.2) is 0 Å². The molecule has 8 nitrogen and oxygen atoms in total. The maximum atomic E-state index is 11.0. The highest BCUT2D eigenvalue weighted by Crippen LogP contribution is 2.26. The molecule has 0 unspecified atom stereocenters. The first-order valence-corrected chi connectivity index (χ1v) is 12.6. The first-order chi connectivity index (χ1) is 17.2. The van der Waals surface area contributed by atoms with E-state index in [1.165, 1.54) is 12.8 Å². The fraction of sp³-hybridized carbons (Fsp3) is 0.407. The minimum absolute atomic E-state index is 0.134. The lowest BCUT2D eigenvalue weighted by Gasteiger charge is -2.40. The molecule has 2 fully saturated rings. The van der Waals surface area contributed by atoms with E-state index < -0.39 is 0 Å². The summed E-state index contributed by atoms with van der Waals surface area (Å²) in [7, 11) is 0. The highest BCUT2D eigenvalue weighted by Gasteiger charge is 2.30. The summed E-state index contributed by atoms with van der Waals surface area (Å²) >= 11 is 0. The van der Waals surface area contributed by atoms with Gasteiger partial charge in [0.25, 0.3) is 5.69 Å². The van der Waals surface area contributed by atoms with Crippen molar-refractivity contribution >= 4 is 17.3 Å². The van der Waals surface area contributed by atoms with Gasteiger partial charge in [0, 0.05) is 60.8 Å². The Morgan fingerprint density at radius 3 is 2.46 bits per heavy atom. The highest BCUT2D eigenvalue weighted by molar-refractivity contribution is 5.59. The topological polar surface area (TPSA) is 96.2 Å². The fourth-order valence-electron chi connectivity index (χ4n) is 5.30. The van der Waals surface area contributed by atoms with Gasteiger partial charge in [0.05, 0.1) is 10.6 Å². The number of hydrogen-bond acceptors (Lipinski definition) is 7. The number of piperidine rings is 1. The van der Waals surface area contributed by atoms with E-state index in [2.05, 4.69) is 32.7 Å².